The van der Waals surface area contributed by atoms with Gasteiger partial charge in [0.05, 0.1) is 7.11 Å². The number of hydrogen-bond acceptors (Lipinski definition) is 6. The maximum Gasteiger partial charge on any atom is 0.250 e. The first-order valence-corrected chi connectivity index (χ1v) is 12.5. The Morgan fingerprint density at radius 1 is 1.14 bits per heavy atom. The van der Waals surface area contributed by atoms with E-state index in [2.05, 4.69) is 6.58 Å². The highest BCUT2D eigenvalue weighted by Crippen LogP contribution is 2.57. The van der Waals surface area contributed by atoms with Gasteiger partial charge in [-0.05, 0) is 66.4 Å². The molecule has 1 aliphatic carbocycles. The van der Waals surface area contributed by atoms with Crippen LogP contribution in [-0.4, -0.2) is 52.7 Å². The number of aromatic hydroxyl groups is 1. The van der Waals surface area contributed by atoms with Gasteiger partial charge in [-0.1, -0.05) is 59.6 Å². The monoisotopic (exact) mass is 566 g/mol. The lowest BCUT2D eigenvalue weighted by atomic mass is 9.78. The second-order valence-corrected chi connectivity index (χ2v) is 10.1. The third-order valence-electron chi connectivity index (χ3n) is 6.32. The normalized spacial score (nSPS) is 18.8. The molecule has 0 saturated carbocycles. The molecular formula is C27H29Cl3N2O5. The number of hydrogen-bond donors (Lipinski definition) is 3. The maximum atomic E-state index is 13.1. The van der Waals surface area contributed by atoms with E-state index in [0.29, 0.717) is 34.0 Å². The van der Waals surface area contributed by atoms with Crippen molar-refractivity contribution in [2.45, 2.75) is 22.8 Å². The van der Waals surface area contributed by atoms with Crippen LogP contribution in [-0.2, 0) is 21.6 Å². The fourth-order valence-electron chi connectivity index (χ4n) is 4.47. The van der Waals surface area contributed by atoms with Crippen molar-refractivity contribution < 1.29 is 24.5 Å². The number of phenolic OH excluding ortho intramolecular Hbond substituents is 1. The number of methoxy groups -OCH3 is 2. The second kappa shape index (κ2) is 11.8. The number of ether oxygens (including phenoxy) is 2. The Hall–Kier alpha value is -2.68. The van der Waals surface area contributed by atoms with Gasteiger partial charge in [-0.15, -0.1) is 0 Å². The van der Waals surface area contributed by atoms with Crippen molar-refractivity contribution in [1.82, 2.24) is 4.90 Å². The van der Waals surface area contributed by atoms with Crippen LogP contribution in [0.3, 0.4) is 0 Å². The molecule has 0 radical (unpaired) electrons. The highest BCUT2D eigenvalue weighted by molar-refractivity contribution is 6.51. The molecule has 4 N–H and O–H groups in total. The summed E-state index contributed by atoms with van der Waals surface area (Å²) in [5.41, 5.74) is 6.20. The number of halogens is 3. The van der Waals surface area contributed by atoms with Crippen molar-refractivity contribution in [2.24, 2.45) is 5.73 Å². The molecule has 1 aliphatic rings. The molecule has 0 aromatic heterocycles. The Kier molecular flexibility index (Phi) is 9.21. The van der Waals surface area contributed by atoms with Crippen molar-refractivity contribution in [3.05, 3.63) is 94.4 Å². The number of carbonyl (C=O) groups is 1. The average Bonchev–Trinajstić information content (AvgIpc) is 2.88. The molecule has 37 heavy (non-hydrogen) atoms. The van der Waals surface area contributed by atoms with Crippen LogP contribution in [0.2, 0.25) is 5.02 Å². The first-order valence-electron chi connectivity index (χ1n) is 11.4. The van der Waals surface area contributed by atoms with Gasteiger partial charge in [0, 0.05) is 30.5 Å². The van der Waals surface area contributed by atoms with Crippen LogP contribution < -0.4 is 10.5 Å². The van der Waals surface area contributed by atoms with Gasteiger partial charge >= 0.3 is 0 Å². The minimum Gasteiger partial charge on any atom is -0.509 e. The first-order chi connectivity index (χ1) is 17.6. The van der Waals surface area contributed by atoms with Crippen LogP contribution in [0.5, 0.6) is 11.5 Å². The first kappa shape index (κ1) is 28.9. The van der Waals surface area contributed by atoms with Crippen LogP contribution in [0, 0.1) is 0 Å². The van der Waals surface area contributed by atoms with E-state index in [-0.39, 0.29) is 31.0 Å². The lowest BCUT2D eigenvalue weighted by Crippen LogP contribution is -2.52. The summed E-state index contributed by atoms with van der Waals surface area (Å²) in [5.74, 6) is -0.414. The zero-order chi connectivity index (χ0) is 27.4. The van der Waals surface area contributed by atoms with Gasteiger partial charge < -0.3 is 30.3 Å². The number of nitrogens with two attached hydrogens (primary N) is 1. The zero-order valence-corrected chi connectivity index (χ0v) is 22.8. The maximum absolute atomic E-state index is 13.1. The van der Waals surface area contributed by atoms with Crippen molar-refractivity contribution in [2.75, 3.05) is 27.3 Å². The van der Waals surface area contributed by atoms with Crippen molar-refractivity contribution in [3.8, 4) is 11.5 Å². The number of amides is 1. The summed E-state index contributed by atoms with van der Waals surface area (Å²) in [5, 5.41) is 21.8. The minimum absolute atomic E-state index is 0.00511. The Balaban J connectivity index is 2.13. The molecule has 198 valence electrons. The fourth-order valence-corrected chi connectivity index (χ4v) is 5.54. The zero-order valence-electron chi connectivity index (χ0n) is 20.5. The lowest BCUT2D eigenvalue weighted by Gasteiger charge is -2.47. The molecule has 0 aliphatic heterocycles. The van der Waals surface area contributed by atoms with Gasteiger partial charge in [-0.3, -0.25) is 4.79 Å². The van der Waals surface area contributed by atoms with Gasteiger partial charge in [-0.2, -0.15) is 0 Å². The summed E-state index contributed by atoms with van der Waals surface area (Å²) in [4.78, 5) is 14.5. The SMILES string of the molecule is C=CC(=O)N(CCc1ccc(O)c(OC)c1)C1=C(CCN)C(Cl)(Cl)C(OC)(c2ccc(Cl)cc2)C(O)=C1. The van der Waals surface area contributed by atoms with Gasteiger partial charge in [-0.25, -0.2) is 0 Å². The summed E-state index contributed by atoms with van der Waals surface area (Å²) in [6.07, 6.45) is 3.18. The number of phenols is 1. The summed E-state index contributed by atoms with van der Waals surface area (Å²) in [7, 11) is 2.84. The van der Waals surface area contributed by atoms with Gasteiger partial charge in [0.1, 0.15) is 5.76 Å². The molecule has 0 heterocycles. The largest absolute Gasteiger partial charge is 0.509 e. The van der Waals surface area contributed by atoms with Crippen LogP contribution in [0.25, 0.3) is 0 Å². The molecule has 3 rings (SSSR count). The van der Waals surface area contributed by atoms with Gasteiger partial charge in [0.15, 0.2) is 21.4 Å². The van der Waals surface area contributed by atoms with Gasteiger partial charge in [0.25, 0.3) is 0 Å². The van der Waals surface area contributed by atoms with Crippen LogP contribution >= 0.6 is 34.8 Å². The summed E-state index contributed by atoms with van der Waals surface area (Å²) < 4.78 is 9.15. The molecule has 2 aromatic carbocycles. The third kappa shape index (κ3) is 5.33. The number of alkyl halides is 2. The summed E-state index contributed by atoms with van der Waals surface area (Å²) in [6.45, 7) is 3.96. The van der Waals surface area contributed by atoms with E-state index in [1.54, 1.807) is 36.4 Å². The summed E-state index contributed by atoms with van der Waals surface area (Å²) >= 11 is 20.2. The van der Waals surface area contributed by atoms with Crippen LogP contribution in [0.15, 0.2) is 78.2 Å². The Morgan fingerprint density at radius 3 is 2.38 bits per heavy atom. The molecule has 0 saturated heterocycles. The molecular weight excluding hydrogens is 539 g/mol. The van der Waals surface area contributed by atoms with E-state index in [0.717, 1.165) is 11.6 Å². The number of rotatable bonds is 10. The minimum atomic E-state index is -1.86. The van der Waals surface area contributed by atoms with Crippen molar-refractivity contribution in [1.29, 1.82) is 0 Å². The van der Waals surface area contributed by atoms with Crippen molar-refractivity contribution in [3.63, 3.8) is 0 Å². The molecule has 0 spiro atoms. The number of nitrogens with zero attached hydrogens (tertiary/aromatic N) is 1. The average molecular weight is 568 g/mol. The molecule has 1 amide bonds. The molecule has 7 nitrogen and oxygen atoms in total. The molecule has 2 aromatic rings. The number of carbonyl (C=O) groups excluding carboxylic acids is 1. The standard InChI is InChI=1S/C27H29Cl3N2O5/c1-4-25(35)32(14-12-17-5-10-22(33)23(15-17)36-2)21-16-24(34)26(37-3,18-6-8-19(28)9-7-18)27(29,30)20(21)11-13-31/h4-10,15-16,33-34H,1,11-14,31H2,2-3H3. The number of aliphatic hydroxyl groups is 1. The van der Waals surface area contributed by atoms with Crippen LogP contribution in [0.1, 0.15) is 17.5 Å². The molecule has 1 unspecified atom stereocenters. The second-order valence-electron chi connectivity index (χ2n) is 8.35. The number of aliphatic hydroxyl groups excluding tert-OH is 1. The van der Waals surface area contributed by atoms with E-state index < -0.39 is 15.8 Å². The molecule has 1 atom stereocenters. The number of benzene rings is 2. The van der Waals surface area contributed by atoms with Crippen LogP contribution in [0.4, 0.5) is 0 Å². The van der Waals surface area contributed by atoms with Gasteiger partial charge in [0.2, 0.25) is 5.91 Å². The van der Waals surface area contributed by atoms with E-state index in [1.807, 2.05) is 0 Å². The molecule has 10 heteroatoms. The topological polar surface area (TPSA) is 105 Å². The highest BCUT2D eigenvalue weighted by atomic mass is 35.5. The van der Waals surface area contributed by atoms with E-state index >= 15 is 0 Å². The molecule has 0 bridgehead atoms. The molecule has 0 fully saturated rings. The van der Waals surface area contributed by atoms with Crippen molar-refractivity contribution >= 4 is 40.7 Å². The van der Waals surface area contributed by atoms with E-state index in [4.69, 9.17) is 50.0 Å². The lowest BCUT2D eigenvalue weighted by molar-refractivity contribution is -0.124. The predicted octanol–water partition coefficient (Wildman–Crippen LogP) is 5.39. The van der Waals surface area contributed by atoms with E-state index in [9.17, 15) is 15.0 Å². The quantitative estimate of drug-likeness (QED) is 0.263. The number of allylic oxidation sites excluding steroid dienone is 1. The Morgan fingerprint density at radius 2 is 1.81 bits per heavy atom. The summed E-state index contributed by atoms with van der Waals surface area (Å²) in [6, 6.07) is 11.5. The Bertz CT molecular complexity index is 1230. The highest BCUT2D eigenvalue weighted by Gasteiger charge is 2.59. The smallest absolute Gasteiger partial charge is 0.250 e. The van der Waals surface area contributed by atoms with E-state index in [1.165, 1.54) is 31.3 Å². The Labute approximate surface area is 231 Å². The predicted molar refractivity (Wildman–Crippen MR) is 146 cm³/mol. The fraction of sp³-hybridized carbons (Fsp3) is 0.296. The third-order valence-corrected chi connectivity index (χ3v) is 7.56.